The second-order valence-corrected chi connectivity index (χ2v) is 16.8. The number of benzene rings is 1. The van der Waals surface area contributed by atoms with Crippen molar-refractivity contribution in [2.24, 2.45) is 11.8 Å². The lowest BCUT2D eigenvalue weighted by molar-refractivity contribution is -0.187. The van der Waals surface area contributed by atoms with Gasteiger partial charge in [-0.05, 0) is 70.1 Å². The molecule has 8 atom stereocenters. The van der Waals surface area contributed by atoms with Gasteiger partial charge in [0.15, 0.2) is 0 Å². The zero-order valence-corrected chi connectivity index (χ0v) is 33.9. The molecule has 2 amide bonds. The number of allylic oxidation sites excluding steroid dienone is 3. The molecule has 11 nitrogen and oxygen atoms in total. The minimum Gasteiger partial charge on any atom is -0.462 e. The minimum atomic E-state index is -1.55. The molecule has 3 fully saturated rings. The summed E-state index contributed by atoms with van der Waals surface area (Å²) in [7, 11) is 4.74. The summed E-state index contributed by atoms with van der Waals surface area (Å²) in [5.41, 5.74) is 0.565. The summed E-state index contributed by atoms with van der Waals surface area (Å²) < 4.78 is 24.0. The van der Waals surface area contributed by atoms with E-state index in [0.29, 0.717) is 29.5 Å². The summed E-state index contributed by atoms with van der Waals surface area (Å²) in [6.07, 6.45) is 9.47. The van der Waals surface area contributed by atoms with Crippen LogP contribution in [0.3, 0.4) is 0 Å². The molecular formula is C42H59ClN2O9. The number of likely N-dealkylation sites (N-methyl/N-ethyl adjacent to an activating group) is 1. The van der Waals surface area contributed by atoms with Crippen LogP contribution in [0, 0.1) is 18.8 Å². The number of carbonyl (C=O) groups excluding carboxylic acids is 4. The molecule has 1 saturated carbocycles. The first-order chi connectivity index (χ1) is 25.5. The Morgan fingerprint density at radius 3 is 2.57 bits per heavy atom. The quantitative estimate of drug-likeness (QED) is 0.235. The molecule has 0 aromatic heterocycles. The van der Waals surface area contributed by atoms with Gasteiger partial charge in [0.2, 0.25) is 11.8 Å². The minimum absolute atomic E-state index is 0.0851. The van der Waals surface area contributed by atoms with Crippen molar-refractivity contribution in [3.05, 3.63) is 52.1 Å². The monoisotopic (exact) mass is 770 g/mol. The Labute approximate surface area is 325 Å². The van der Waals surface area contributed by atoms with Gasteiger partial charge in [-0.1, -0.05) is 74.1 Å². The van der Waals surface area contributed by atoms with Crippen LogP contribution < -0.4 is 4.90 Å². The molecule has 54 heavy (non-hydrogen) atoms. The molecule has 1 aromatic rings. The second-order valence-electron chi connectivity index (χ2n) is 16.4. The molecule has 0 unspecified atom stereocenters. The standard InChI is InChI=1S/C42H59ClN2O9/c1-25-13-11-17-33(51-8)42(50)23-32(52-37(48)24-42)27(3)39-41(5,54-39)34(22-36(47)45(7)31-21-30(19-25)20-26(2)38(31)43)53-40(49)28(4)44(6)35(46)18-12-16-29-14-9-10-15-29/h11,13,17,20-21,27-29,32-34,39,50H,9-10,12,14-16,18-19,22-24H2,1-8H3/b17-11+,25-13+/t27-,28+,32+,33-,34+,39+,41+,42-/m1/s1. The first-order valence-corrected chi connectivity index (χ1v) is 19.8. The van der Waals surface area contributed by atoms with Crippen LogP contribution in [-0.2, 0) is 44.5 Å². The van der Waals surface area contributed by atoms with Crippen molar-refractivity contribution in [3.63, 3.8) is 0 Å². The topological polar surface area (TPSA) is 135 Å². The molecular weight excluding hydrogens is 712 g/mol. The first kappa shape index (κ1) is 41.9. The van der Waals surface area contributed by atoms with E-state index in [9.17, 15) is 24.3 Å². The summed E-state index contributed by atoms with van der Waals surface area (Å²) in [4.78, 5) is 57.0. The van der Waals surface area contributed by atoms with Crippen molar-refractivity contribution in [3.8, 4) is 0 Å². The van der Waals surface area contributed by atoms with E-state index in [0.717, 1.165) is 29.5 Å². The Hall–Kier alpha value is -3.25. The molecule has 298 valence electrons. The number of ether oxygens (including phenoxy) is 4. The number of halogens is 1. The number of epoxide rings is 1. The molecule has 0 radical (unpaired) electrons. The average molecular weight is 771 g/mol. The van der Waals surface area contributed by atoms with Gasteiger partial charge in [-0.25, -0.2) is 4.79 Å². The zero-order valence-electron chi connectivity index (χ0n) is 33.2. The smallest absolute Gasteiger partial charge is 0.328 e. The number of nitrogens with zero attached hydrogens (tertiary/aromatic N) is 2. The highest BCUT2D eigenvalue weighted by Crippen LogP contribution is 2.49. The van der Waals surface area contributed by atoms with Gasteiger partial charge in [-0.2, -0.15) is 0 Å². The number of esters is 2. The molecule has 12 heteroatoms. The maximum atomic E-state index is 14.2. The van der Waals surface area contributed by atoms with E-state index >= 15 is 0 Å². The van der Waals surface area contributed by atoms with Crippen LogP contribution in [-0.4, -0.2) is 96.6 Å². The van der Waals surface area contributed by atoms with Crippen LogP contribution in [0.15, 0.2) is 35.9 Å². The second kappa shape index (κ2) is 17.3. The van der Waals surface area contributed by atoms with Crippen LogP contribution in [0.2, 0.25) is 5.02 Å². The molecule has 3 heterocycles. The Bertz CT molecular complexity index is 1640. The van der Waals surface area contributed by atoms with E-state index in [-0.39, 0.29) is 31.1 Å². The third-order valence-corrected chi connectivity index (χ3v) is 12.7. The highest BCUT2D eigenvalue weighted by Gasteiger charge is 2.64. The van der Waals surface area contributed by atoms with Gasteiger partial charge in [0.1, 0.15) is 35.6 Å². The average Bonchev–Trinajstić information content (AvgIpc) is 3.54. The highest BCUT2D eigenvalue weighted by atomic mass is 35.5. The van der Waals surface area contributed by atoms with E-state index in [4.69, 9.17) is 30.5 Å². The van der Waals surface area contributed by atoms with Gasteiger partial charge in [-0.3, -0.25) is 14.4 Å². The lowest BCUT2D eigenvalue weighted by Gasteiger charge is -2.41. The number of rotatable bonds is 8. The molecule has 3 aliphatic heterocycles. The summed E-state index contributed by atoms with van der Waals surface area (Å²) in [5, 5.41) is 12.3. The number of fused-ring (bicyclic) bond motifs is 5. The van der Waals surface area contributed by atoms with E-state index < -0.39 is 59.5 Å². The van der Waals surface area contributed by atoms with E-state index in [1.807, 2.05) is 45.1 Å². The number of aryl methyl sites for hydroxylation is 1. The molecule has 5 rings (SSSR count). The number of carbonyl (C=O) groups is 4. The third kappa shape index (κ3) is 9.40. The van der Waals surface area contributed by atoms with Crippen molar-refractivity contribution in [2.45, 2.75) is 147 Å². The van der Waals surface area contributed by atoms with Gasteiger partial charge < -0.3 is 33.9 Å². The predicted octanol–water partition coefficient (Wildman–Crippen LogP) is 6.42. The molecule has 1 N–H and O–H groups in total. The fourth-order valence-corrected chi connectivity index (χ4v) is 8.76. The fourth-order valence-electron chi connectivity index (χ4n) is 8.53. The Balaban J connectivity index is 1.44. The fraction of sp³-hybridized carbons (Fsp3) is 0.667. The van der Waals surface area contributed by atoms with E-state index in [2.05, 4.69) is 0 Å². The Kier molecular flexibility index (Phi) is 13.4. The summed E-state index contributed by atoms with van der Waals surface area (Å²) in [6.45, 7) is 9.11. The maximum absolute atomic E-state index is 14.2. The van der Waals surface area contributed by atoms with E-state index in [1.165, 1.54) is 42.6 Å². The van der Waals surface area contributed by atoms with Gasteiger partial charge >= 0.3 is 11.9 Å². The molecule has 4 aliphatic rings. The Morgan fingerprint density at radius 2 is 1.89 bits per heavy atom. The SMILES string of the molecule is CO[C@@H]1/C=C/C=C(\C)Cc2cc(C)c(Cl)c(c2)N(C)C(=O)C[C@H](OC(=O)[C@H](C)N(C)C(=O)CCCC2CCCC2)[C@]2(C)O[C@H]2[C@H](C)[C@@H]2C[C@@]1(O)CC(=O)O2. The molecule has 4 bridgehead atoms. The van der Waals surface area contributed by atoms with E-state index in [1.54, 1.807) is 34.0 Å². The predicted molar refractivity (Wildman–Crippen MR) is 206 cm³/mol. The van der Waals surface area contributed by atoms with Crippen molar-refractivity contribution in [2.75, 3.05) is 26.1 Å². The van der Waals surface area contributed by atoms with Gasteiger partial charge in [0, 0.05) is 40.0 Å². The van der Waals surface area contributed by atoms with Crippen molar-refractivity contribution in [1.82, 2.24) is 4.90 Å². The van der Waals surface area contributed by atoms with Crippen molar-refractivity contribution < 1.29 is 43.2 Å². The Morgan fingerprint density at radius 1 is 1.19 bits per heavy atom. The zero-order chi connectivity index (χ0) is 39.5. The summed E-state index contributed by atoms with van der Waals surface area (Å²) in [6, 6.07) is 2.95. The van der Waals surface area contributed by atoms with Crippen LogP contribution in [0.25, 0.3) is 0 Å². The van der Waals surface area contributed by atoms with Gasteiger partial charge in [0.25, 0.3) is 0 Å². The highest BCUT2D eigenvalue weighted by molar-refractivity contribution is 6.34. The number of amides is 2. The van der Waals surface area contributed by atoms with Crippen molar-refractivity contribution >= 4 is 41.0 Å². The molecule has 1 aliphatic carbocycles. The number of hydrogen-bond acceptors (Lipinski definition) is 9. The lowest BCUT2D eigenvalue weighted by atomic mass is 9.78. The largest absolute Gasteiger partial charge is 0.462 e. The first-order valence-electron chi connectivity index (χ1n) is 19.5. The van der Waals surface area contributed by atoms with Gasteiger partial charge in [-0.15, -0.1) is 0 Å². The van der Waals surface area contributed by atoms with Gasteiger partial charge in [0.05, 0.1) is 29.7 Å². The lowest BCUT2D eigenvalue weighted by Crippen LogP contribution is -2.53. The van der Waals surface area contributed by atoms with Crippen LogP contribution in [0.5, 0.6) is 0 Å². The van der Waals surface area contributed by atoms with Crippen molar-refractivity contribution in [1.29, 1.82) is 0 Å². The number of aliphatic hydroxyl groups is 1. The normalized spacial score (nSPS) is 32.9. The van der Waals surface area contributed by atoms with Crippen LogP contribution in [0.1, 0.15) is 103 Å². The maximum Gasteiger partial charge on any atom is 0.328 e. The number of methoxy groups -OCH3 is 1. The molecule has 0 spiro atoms. The van der Waals surface area contributed by atoms with Crippen LogP contribution in [0.4, 0.5) is 5.69 Å². The summed E-state index contributed by atoms with van der Waals surface area (Å²) in [5.74, 6) is -1.50. The number of hydrogen-bond donors (Lipinski definition) is 1. The van der Waals surface area contributed by atoms with Crippen LogP contribution >= 0.6 is 11.6 Å². The molecule has 2 saturated heterocycles. The third-order valence-electron chi connectivity index (χ3n) is 12.3. The summed E-state index contributed by atoms with van der Waals surface area (Å²) >= 11 is 6.80. The molecule has 1 aromatic carbocycles. The number of anilines is 1.